The van der Waals surface area contributed by atoms with E-state index >= 15 is 0 Å². The Hall–Kier alpha value is -0.940. The van der Waals surface area contributed by atoms with Crippen molar-refractivity contribution in [2.75, 3.05) is 18.6 Å². The summed E-state index contributed by atoms with van der Waals surface area (Å²) in [7, 11) is -0.708. The first-order chi connectivity index (χ1) is 8.66. The van der Waals surface area contributed by atoms with Crippen molar-refractivity contribution in [2.24, 2.45) is 0 Å². The predicted molar refractivity (Wildman–Crippen MR) is 74.3 cm³/mol. The molecule has 0 radical (unpaired) electrons. The molecule has 4 nitrogen and oxygen atoms in total. The Kier molecular flexibility index (Phi) is 4.72. The van der Waals surface area contributed by atoms with Gasteiger partial charge in [-0.15, -0.1) is 0 Å². The molecule has 0 spiro atoms. The number of nitrogens with one attached hydrogen (secondary N) is 2. The van der Waals surface area contributed by atoms with Crippen LogP contribution in [0.5, 0.6) is 0 Å². The Bertz CT molecular complexity index is 484. The molecule has 2 rings (SSSR count). The SMILES string of the molecule is CS(=O)CCCNC1CCCc2[nH]c(=O)ccc21. The highest BCUT2D eigenvalue weighted by Crippen LogP contribution is 2.27. The van der Waals surface area contributed by atoms with Gasteiger partial charge in [0, 0.05) is 40.6 Å². The zero-order chi connectivity index (χ0) is 13.0. The van der Waals surface area contributed by atoms with E-state index in [1.807, 2.05) is 6.07 Å². The van der Waals surface area contributed by atoms with Crippen LogP contribution in [0.2, 0.25) is 0 Å². The first-order valence-corrected chi connectivity index (χ1v) is 8.15. The molecular formula is C13H20N2O2S. The Morgan fingerprint density at radius 2 is 2.33 bits per heavy atom. The first-order valence-electron chi connectivity index (χ1n) is 6.42. The van der Waals surface area contributed by atoms with Gasteiger partial charge < -0.3 is 10.3 Å². The van der Waals surface area contributed by atoms with Gasteiger partial charge in [0.1, 0.15) is 0 Å². The molecule has 0 amide bonds. The van der Waals surface area contributed by atoms with Gasteiger partial charge in [0.25, 0.3) is 0 Å². The van der Waals surface area contributed by atoms with Crippen LogP contribution in [0.3, 0.4) is 0 Å². The van der Waals surface area contributed by atoms with E-state index in [4.69, 9.17) is 0 Å². The summed E-state index contributed by atoms with van der Waals surface area (Å²) in [5.74, 6) is 0.748. The second-order valence-electron chi connectivity index (χ2n) is 4.79. The lowest BCUT2D eigenvalue weighted by Crippen LogP contribution is -2.28. The molecule has 0 saturated carbocycles. The van der Waals surface area contributed by atoms with Gasteiger partial charge in [0.2, 0.25) is 5.56 Å². The standard InChI is InChI=1S/C13H20N2O2S/c1-18(17)9-3-8-14-11-4-2-5-12-10(11)6-7-13(16)15-12/h6-7,11,14H,2-5,8-9H2,1H3,(H,15,16). The number of hydrogen-bond donors (Lipinski definition) is 2. The van der Waals surface area contributed by atoms with Crippen molar-refractivity contribution in [1.82, 2.24) is 10.3 Å². The van der Waals surface area contributed by atoms with Gasteiger partial charge in [0.15, 0.2) is 0 Å². The normalized spacial score (nSPS) is 20.4. The number of rotatable bonds is 5. The first kappa shape index (κ1) is 13.5. The van der Waals surface area contributed by atoms with Crippen LogP contribution in [0.15, 0.2) is 16.9 Å². The number of aromatic nitrogens is 1. The summed E-state index contributed by atoms with van der Waals surface area (Å²) in [5, 5.41) is 3.50. The molecule has 1 aliphatic carbocycles. The number of H-pyrrole nitrogens is 1. The van der Waals surface area contributed by atoms with Crippen molar-refractivity contribution in [3.8, 4) is 0 Å². The minimum absolute atomic E-state index is 0.0178. The maximum absolute atomic E-state index is 11.3. The minimum Gasteiger partial charge on any atom is -0.326 e. The third-order valence-corrected chi connectivity index (χ3v) is 4.19. The van der Waals surface area contributed by atoms with Crippen LogP contribution in [0, 0.1) is 0 Å². The smallest absolute Gasteiger partial charge is 0.248 e. The molecule has 18 heavy (non-hydrogen) atoms. The van der Waals surface area contributed by atoms with Crippen molar-refractivity contribution in [3.63, 3.8) is 0 Å². The molecule has 100 valence electrons. The molecule has 0 aliphatic heterocycles. The van der Waals surface area contributed by atoms with E-state index in [0.717, 1.165) is 43.7 Å². The summed E-state index contributed by atoms with van der Waals surface area (Å²) in [6.07, 6.45) is 5.83. The second-order valence-corrected chi connectivity index (χ2v) is 6.34. The van der Waals surface area contributed by atoms with Crippen molar-refractivity contribution < 1.29 is 4.21 Å². The minimum atomic E-state index is -0.708. The van der Waals surface area contributed by atoms with Crippen LogP contribution in [0.1, 0.15) is 36.6 Å². The Morgan fingerprint density at radius 3 is 3.11 bits per heavy atom. The van der Waals surface area contributed by atoms with Gasteiger partial charge in [-0.2, -0.15) is 0 Å². The van der Waals surface area contributed by atoms with E-state index in [1.54, 1.807) is 12.3 Å². The fraction of sp³-hybridized carbons (Fsp3) is 0.615. The molecule has 1 aromatic rings. The average molecular weight is 268 g/mol. The molecule has 2 N–H and O–H groups in total. The number of fused-ring (bicyclic) bond motifs is 1. The summed E-state index contributed by atoms with van der Waals surface area (Å²) in [4.78, 5) is 14.2. The van der Waals surface area contributed by atoms with Crippen LogP contribution < -0.4 is 10.9 Å². The highest BCUT2D eigenvalue weighted by Gasteiger charge is 2.19. The summed E-state index contributed by atoms with van der Waals surface area (Å²) in [6, 6.07) is 3.86. The van der Waals surface area contributed by atoms with Crippen LogP contribution in [-0.4, -0.2) is 27.7 Å². The van der Waals surface area contributed by atoms with Crippen molar-refractivity contribution in [1.29, 1.82) is 0 Å². The maximum atomic E-state index is 11.3. The number of aromatic amines is 1. The van der Waals surface area contributed by atoms with Crippen LogP contribution in [0.4, 0.5) is 0 Å². The van der Waals surface area contributed by atoms with Crippen molar-refractivity contribution in [2.45, 2.75) is 31.7 Å². The summed E-state index contributed by atoms with van der Waals surface area (Å²) in [6.45, 7) is 0.878. The third kappa shape index (κ3) is 3.53. The monoisotopic (exact) mass is 268 g/mol. The van der Waals surface area contributed by atoms with Gasteiger partial charge >= 0.3 is 0 Å². The number of pyridine rings is 1. The Labute approximate surface area is 110 Å². The van der Waals surface area contributed by atoms with Gasteiger partial charge in [0.05, 0.1) is 0 Å². The van der Waals surface area contributed by atoms with Crippen molar-refractivity contribution in [3.05, 3.63) is 33.7 Å². The molecule has 0 bridgehead atoms. The lowest BCUT2D eigenvalue weighted by atomic mass is 9.91. The lowest BCUT2D eigenvalue weighted by Gasteiger charge is -2.26. The quantitative estimate of drug-likeness (QED) is 0.786. The molecule has 0 saturated heterocycles. The summed E-state index contributed by atoms with van der Waals surface area (Å²) >= 11 is 0. The molecule has 1 aliphatic rings. The zero-order valence-corrected chi connectivity index (χ0v) is 11.5. The molecule has 1 heterocycles. The number of aryl methyl sites for hydroxylation is 1. The predicted octanol–water partition coefficient (Wildman–Crippen LogP) is 1.11. The van der Waals surface area contributed by atoms with Gasteiger partial charge in [-0.3, -0.25) is 9.00 Å². The molecule has 5 heteroatoms. The topological polar surface area (TPSA) is 62.0 Å². The van der Waals surface area contributed by atoms with Gasteiger partial charge in [-0.25, -0.2) is 0 Å². The van der Waals surface area contributed by atoms with E-state index in [0.29, 0.717) is 6.04 Å². The molecule has 0 fully saturated rings. The average Bonchev–Trinajstić information content (AvgIpc) is 2.34. The lowest BCUT2D eigenvalue weighted by molar-refractivity contribution is 0.455. The van der Waals surface area contributed by atoms with E-state index in [9.17, 15) is 9.00 Å². The van der Waals surface area contributed by atoms with Gasteiger partial charge in [-0.1, -0.05) is 6.07 Å². The summed E-state index contributed by atoms with van der Waals surface area (Å²) < 4.78 is 11.0. The Morgan fingerprint density at radius 1 is 1.50 bits per heavy atom. The largest absolute Gasteiger partial charge is 0.326 e. The molecule has 2 atom stereocenters. The van der Waals surface area contributed by atoms with E-state index < -0.39 is 10.8 Å². The van der Waals surface area contributed by atoms with E-state index in [-0.39, 0.29) is 5.56 Å². The molecule has 0 aromatic carbocycles. The number of hydrogen-bond acceptors (Lipinski definition) is 3. The molecular weight excluding hydrogens is 248 g/mol. The third-order valence-electron chi connectivity index (χ3n) is 3.33. The summed E-state index contributed by atoms with van der Waals surface area (Å²) in [5.41, 5.74) is 2.28. The fourth-order valence-electron chi connectivity index (χ4n) is 2.46. The highest BCUT2D eigenvalue weighted by atomic mass is 32.2. The zero-order valence-electron chi connectivity index (χ0n) is 10.7. The van der Waals surface area contributed by atoms with Crippen molar-refractivity contribution >= 4 is 10.8 Å². The van der Waals surface area contributed by atoms with Crippen LogP contribution in [0.25, 0.3) is 0 Å². The van der Waals surface area contributed by atoms with Crippen LogP contribution in [-0.2, 0) is 17.2 Å². The van der Waals surface area contributed by atoms with Crippen LogP contribution >= 0.6 is 0 Å². The van der Waals surface area contributed by atoms with E-state index in [1.165, 1.54) is 5.56 Å². The Balaban J connectivity index is 1.95. The fourth-order valence-corrected chi connectivity index (χ4v) is 3.01. The van der Waals surface area contributed by atoms with Gasteiger partial charge in [-0.05, 0) is 37.8 Å². The molecule has 1 aromatic heterocycles. The maximum Gasteiger partial charge on any atom is 0.248 e. The van der Waals surface area contributed by atoms with E-state index in [2.05, 4.69) is 10.3 Å². The molecule has 2 unspecified atom stereocenters. The second kappa shape index (κ2) is 6.29. The highest BCUT2D eigenvalue weighted by molar-refractivity contribution is 7.84.